The highest BCUT2D eigenvalue weighted by Crippen LogP contribution is 2.28. The van der Waals surface area contributed by atoms with Crippen molar-refractivity contribution in [3.63, 3.8) is 0 Å². The third-order valence-electron chi connectivity index (χ3n) is 4.24. The third kappa shape index (κ3) is 7.70. The standard InChI is InChI=1S/C22H27NO5/c1-27-20-16-18(13-14-23-21(24)11-12-22(25)26)9-10-19(20)28-15-5-8-17-6-3-2-4-7-17/h2-4,6-7,9-10,16H,5,8,11-15H2,1H3,(H,23,24)(H,25,26). The van der Waals surface area contributed by atoms with Crippen molar-refractivity contribution in [3.05, 3.63) is 59.7 Å². The van der Waals surface area contributed by atoms with Gasteiger partial charge in [-0.2, -0.15) is 0 Å². The van der Waals surface area contributed by atoms with E-state index in [0.717, 1.165) is 18.4 Å². The predicted molar refractivity (Wildman–Crippen MR) is 107 cm³/mol. The largest absolute Gasteiger partial charge is 0.493 e. The quantitative estimate of drug-likeness (QED) is 0.548. The minimum absolute atomic E-state index is 0.00554. The molecular weight excluding hydrogens is 358 g/mol. The lowest BCUT2D eigenvalue weighted by atomic mass is 10.1. The highest BCUT2D eigenvalue weighted by atomic mass is 16.5. The zero-order valence-corrected chi connectivity index (χ0v) is 16.1. The minimum atomic E-state index is -0.973. The van der Waals surface area contributed by atoms with Crippen LogP contribution < -0.4 is 14.8 Å². The smallest absolute Gasteiger partial charge is 0.303 e. The first-order chi connectivity index (χ1) is 13.6. The normalized spacial score (nSPS) is 10.3. The van der Waals surface area contributed by atoms with Gasteiger partial charge < -0.3 is 19.9 Å². The van der Waals surface area contributed by atoms with Crippen LogP contribution in [-0.2, 0) is 22.4 Å². The van der Waals surface area contributed by atoms with E-state index in [1.807, 2.05) is 36.4 Å². The summed E-state index contributed by atoms with van der Waals surface area (Å²) in [5, 5.41) is 11.3. The molecule has 6 heteroatoms. The number of nitrogens with one attached hydrogen (secondary N) is 1. The van der Waals surface area contributed by atoms with Crippen molar-refractivity contribution in [1.29, 1.82) is 0 Å². The number of carbonyl (C=O) groups excluding carboxylic acids is 1. The summed E-state index contributed by atoms with van der Waals surface area (Å²) in [7, 11) is 1.60. The predicted octanol–water partition coefficient (Wildman–Crippen LogP) is 3.23. The van der Waals surface area contributed by atoms with Crippen molar-refractivity contribution in [1.82, 2.24) is 5.32 Å². The molecule has 0 aliphatic heterocycles. The molecule has 1 amide bonds. The summed E-state index contributed by atoms with van der Waals surface area (Å²) in [5.74, 6) is 0.131. The summed E-state index contributed by atoms with van der Waals surface area (Å²) in [5.41, 5.74) is 2.30. The summed E-state index contributed by atoms with van der Waals surface area (Å²) in [6, 6.07) is 16.0. The molecule has 0 radical (unpaired) electrons. The maximum atomic E-state index is 11.5. The molecule has 0 aliphatic rings. The number of carbonyl (C=O) groups is 2. The van der Waals surface area contributed by atoms with E-state index in [9.17, 15) is 9.59 Å². The zero-order chi connectivity index (χ0) is 20.2. The van der Waals surface area contributed by atoms with Crippen LogP contribution in [0.25, 0.3) is 0 Å². The summed E-state index contributed by atoms with van der Waals surface area (Å²) in [6.07, 6.45) is 2.34. The maximum Gasteiger partial charge on any atom is 0.303 e. The molecule has 6 nitrogen and oxygen atoms in total. The van der Waals surface area contributed by atoms with Crippen LogP contribution >= 0.6 is 0 Å². The zero-order valence-electron chi connectivity index (χ0n) is 16.1. The molecule has 0 saturated heterocycles. The Labute approximate surface area is 165 Å². The number of hydrogen-bond acceptors (Lipinski definition) is 4. The van der Waals surface area contributed by atoms with E-state index in [4.69, 9.17) is 14.6 Å². The number of aliphatic carboxylic acids is 1. The molecular formula is C22H27NO5. The molecule has 0 aliphatic carbocycles. The molecule has 28 heavy (non-hydrogen) atoms. The van der Waals surface area contributed by atoms with Crippen LogP contribution in [0.3, 0.4) is 0 Å². The maximum absolute atomic E-state index is 11.5. The van der Waals surface area contributed by atoms with Gasteiger partial charge in [-0.25, -0.2) is 0 Å². The second kappa shape index (κ2) is 11.6. The van der Waals surface area contributed by atoms with Crippen LogP contribution in [0.4, 0.5) is 0 Å². The van der Waals surface area contributed by atoms with E-state index in [1.54, 1.807) is 7.11 Å². The molecule has 0 bridgehead atoms. The van der Waals surface area contributed by atoms with Crippen molar-refractivity contribution in [2.75, 3.05) is 20.3 Å². The lowest BCUT2D eigenvalue weighted by Gasteiger charge is -2.12. The van der Waals surface area contributed by atoms with Crippen LogP contribution in [0.5, 0.6) is 11.5 Å². The number of methoxy groups -OCH3 is 1. The number of carboxylic acids is 1. The van der Waals surface area contributed by atoms with Gasteiger partial charge in [0.15, 0.2) is 11.5 Å². The Morgan fingerprint density at radius 1 is 0.964 bits per heavy atom. The number of ether oxygens (including phenoxy) is 2. The SMILES string of the molecule is COc1cc(CCNC(=O)CCC(=O)O)ccc1OCCCc1ccccc1. The third-order valence-corrected chi connectivity index (χ3v) is 4.24. The second-order valence-electron chi connectivity index (χ2n) is 6.42. The lowest BCUT2D eigenvalue weighted by molar-refractivity contribution is -0.138. The van der Waals surface area contributed by atoms with Gasteiger partial charge in [0.2, 0.25) is 5.91 Å². The summed E-state index contributed by atoms with van der Waals surface area (Å²) in [4.78, 5) is 22.0. The Morgan fingerprint density at radius 2 is 1.75 bits per heavy atom. The summed E-state index contributed by atoms with van der Waals surface area (Å²) < 4.78 is 11.3. The van der Waals surface area contributed by atoms with Gasteiger partial charge in [-0.1, -0.05) is 36.4 Å². The van der Waals surface area contributed by atoms with E-state index in [2.05, 4.69) is 17.4 Å². The van der Waals surface area contributed by atoms with Crippen LogP contribution in [0.1, 0.15) is 30.4 Å². The number of carboxylic acid groups (broad SMARTS) is 1. The monoisotopic (exact) mass is 385 g/mol. The highest BCUT2D eigenvalue weighted by molar-refractivity contribution is 5.80. The second-order valence-corrected chi connectivity index (χ2v) is 6.42. The van der Waals surface area contributed by atoms with Gasteiger partial charge in [0.1, 0.15) is 0 Å². The molecule has 2 aromatic rings. The van der Waals surface area contributed by atoms with Crippen molar-refractivity contribution < 1.29 is 24.2 Å². The molecule has 0 unspecified atom stereocenters. The van der Waals surface area contributed by atoms with Gasteiger partial charge in [-0.15, -0.1) is 0 Å². The van der Waals surface area contributed by atoms with E-state index < -0.39 is 5.97 Å². The molecule has 0 saturated carbocycles. The van der Waals surface area contributed by atoms with Crippen LogP contribution in [0.15, 0.2) is 48.5 Å². The van der Waals surface area contributed by atoms with E-state index >= 15 is 0 Å². The number of benzene rings is 2. The minimum Gasteiger partial charge on any atom is -0.493 e. The molecule has 0 spiro atoms. The molecule has 0 aromatic heterocycles. The molecule has 0 fully saturated rings. The molecule has 2 N–H and O–H groups in total. The van der Waals surface area contributed by atoms with Gasteiger partial charge in [0, 0.05) is 13.0 Å². The van der Waals surface area contributed by atoms with Crippen molar-refractivity contribution in [2.45, 2.75) is 32.1 Å². The highest BCUT2D eigenvalue weighted by Gasteiger charge is 2.08. The van der Waals surface area contributed by atoms with E-state index in [-0.39, 0.29) is 18.7 Å². The molecule has 150 valence electrons. The number of amides is 1. The van der Waals surface area contributed by atoms with Crippen LogP contribution in [0.2, 0.25) is 0 Å². The van der Waals surface area contributed by atoms with Crippen molar-refractivity contribution in [3.8, 4) is 11.5 Å². The molecule has 2 aromatic carbocycles. The van der Waals surface area contributed by atoms with Gasteiger partial charge in [0.05, 0.1) is 20.1 Å². The van der Waals surface area contributed by atoms with Gasteiger partial charge in [0.25, 0.3) is 0 Å². The Kier molecular flexibility index (Phi) is 8.85. The number of rotatable bonds is 12. The topological polar surface area (TPSA) is 84.9 Å². The Bertz CT molecular complexity index is 761. The fourth-order valence-corrected chi connectivity index (χ4v) is 2.74. The Balaban J connectivity index is 1.76. The molecule has 0 atom stereocenters. The number of hydrogen-bond donors (Lipinski definition) is 2. The van der Waals surface area contributed by atoms with E-state index in [0.29, 0.717) is 31.1 Å². The first kappa shape index (κ1) is 21.3. The Morgan fingerprint density at radius 3 is 2.46 bits per heavy atom. The van der Waals surface area contributed by atoms with Gasteiger partial charge in [-0.05, 0) is 42.5 Å². The average molecular weight is 385 g/mol. The van der Waals surface area contributed by atoms with Gasteiger partial charge >= 0.3 is 5.97 Å². The fraction of sp³-hybridized carbons (Fsp3) is 0.364. The summed E-state index contributed by atoms with van der Waals surface area (Å²) in [6.45, 7) is 1.04. The molecule has 0 heterocycles. The van der Waals surface area contributed by atoms with Crippen molar-refractivity contribution in [2.24, 2.45) is 0 Å². The molecule has 2 rings (SSSR count). The van der Waals surface area contributed by atoms with E-state index in [1.165, 1.54) is 5.56 Å². The first-order valence-electron chi connectivity index (χ1n) is 9.40. The number of aryl methyl sites for hydroxylation is 1. The fourth-order valence-electron chi connectivity index (χ4n) is 2.74. The first-order valence-corrected chi connectivity index (χ1v) is 9.40. The van der Waals surface area contributed by atoms with Crippen LogP contribution in [-0.4, -0.2) is 37.2 Å². The summed E-state index contributed by atoms with van der Waals surface area (Å²) >= 11 is 0. The van der Waals surface area contributed by atoms with Crippen LogP contribution in [0, 0.1) is 0 Å². The van der Waals surface area contributed by atoms with Crippen molar-refractivity contribution >= 4 is 11.9 Å². The average Bonchev–Trinajstić information content (AvgIpc) is 2.71. The van der Waals surface area contributed by atoms with Gasteiger partial charge in [-0.3, -0.25) is 9.59 Å². The Hall–Kier alpha value is -3.02. The lowest BCUT2D eigenvalue weighted by Crippen LogP contribution is -2.26.